The fourth-order valence-corrected chi connectivity index (χ4v) is 8.78. The Hall–Kier alpha value is -4.36. The molecule has 4 aromatic carbocycles. The van der Waals surface area contributed by atoms with E-state index in [9.17, 15) is 14.4 Å². The van der Waals surface area contributed by atoms with E-state index in [0.29, 0.717) is 25.2 Å². The van der Waals surface area contributed by atoms with E-state index in [-0.39, 0.29) is 35.0 Å². The summed E-state index contributed by atoms with van der Waals surface area (Å²) in [5, 5.41) is -0.571. The van der Waals surface area contributed by atoms with Gasteiger partial charge in [0.2, 0.25) is 5.91 Å². The number of nitrogens with zero attached hydrogens (tertiary/aromatic N) is 2. The van der Waals surface area contributed by atoms with E-state index in [1.807, 2.05) is 66.4 Å². The van der Waals surface area contributed by atoms with Crippen LogP contribution in [-0.4, -0.2) is 51.7 Å². The Kier molecular flexibility index (Phi) is 6.60. The zero-order valence-electron chi connectivity index (χ0n) is 24.4. The molecule has 0 bridgehead atoms. The minimum Gasteiger partial charge on any atom is -0.484 e. The molecule has 0 saturated carbocycles. The lowest BCUT2D eigenvalue weighted by atomic mass is 9.94. The number of amides is 3. The standard InChI is InChI=1S/C37H32N2O4S/c1-2-38-21-33(29-13-7-8-14-31(29)35(38)40)43-23-16-18-24-22(19-23)15-17-30(24)34-36(41)39(37(42)44-34)20-32-27-11-5-3-9-25(27)26-10-4-6-12-28(26)32/h3-14,16,18-19,30,32-34H,2,15,17,20-21H2,1H3/t30-,33?,34?/m1/s1. The summed E-state index contributed by atoms with van der Waals surface area (Å²) in [5.41, 5.74) is 8.63. The van der Waals surface area contributed by atoms with Crippen LogP contribution >= 0.6 is 11.8 Å². The van der Waals surface area contributed by atoms with Gasteiger partial charge in [-0.15, -0.1) is 0 Å². The molecule has 0 aromatic heterocycles. The van der Waals surface area contributed by atoms with Gasteiger partial charge in [0.1, 0.15) is 17.1 Å². The Morgan fingerprint density at radius 1 is 0.795 bits per heavy atom. The lowest BCUT2D eigenvalue weighted by Crippen LogP contribution is -2.41. The first-order valence-corrected chi connectivity index (χ1v) is 16.3. The molecule has 220 valence electrons. The van der Waals surface area contributed by atoms with Crippen LogP contribution in [0, 0.1) is 0 Å². The van der Waals surface area contributed by atoms with Crippen LogP contribution < -0.4 is 4.74 Å². The van der Waals surface area contributed by atoms with Crippen molar-refractivity contribution in [3.63, 3.8) is 0 Å². The SMILES string of the molecule is CCN1CC(Oc2ccc3c(c2)CC[C@H]3C2SC(=O)N(CC3c4ccccc4-c4ccccc43)C2=O)c2ccccc2C1=O. The van der Waals surface area contributed by atoms with Gasteiger partial charge in [-0.2, -0.15) is 0 Å². The maximum absolute atomic E-state index is 13.9. The summed E-state index contributed by atoms with van der Waals surface area (Å²) in [6, 6.07) is 30.4. The van der Waals surface area contributed by atoms with Gasteiger partial charge in [-0.1, -0.05) is 84.6 Å². The third kappa shape index (κ3) is 4.28. The molecule has 44 heavy (non-hydrogen) atoms. The number of thioether (sulfide) groups is 1. The molecule has 2 unspecified atom stereocenters. The predicted octanol–water partition coefficient (Wildman–Crippen LogP) is 7.19. The Bertz CT molecular complexity index is 1790. The number of aryl methyl sites for hydroxylation is 1. The Labute approximate surface area is 261 Å². The van der Waals surface area contributed by atoms with Crippen molar-refractivity contribution < 1.29 is 19.1 Å². The minimum atomic E-state index is -0.420. The molecule has 4 aliphatic rings. The molecular weight excluding hydrogens is 568 g/mol. The Balaban J connectivity index is 1.01. The molecular formula is C37H32N2O4S. The van der Waals surface area contributed by atoms with E-state index in [2.05, 4.69) is 36.4 Å². The summed E-state index contributed by atoms with van der Waals surface area (Å²) in [6.07, 6.45) is 1.41. The third-order valence-electron chi connectivity index (χ3n) is 9.76. The summed E-state index contributed by atoms with van der Waals surface area (Å²) in [4.78, 5) is 43.4. The summed E-state index contributed by atoms with van der Waals surface area (Å²) in [7, 11) is 0. The van der Waals surface area contributed by atoms with E-state index < -0.39 is 5.25 Å². The number of hydrogen-bond donors (Lipinski definition) is 0. The van der Waals surface area contributed by atoms with Gasteiger partial charge in [-0.3, -0.25) is 19.3 Å². The number of likely N-dealkylation sites (N-methyl/N-ethyl adjacent to an activating group) is 1. The van der Waals surface area contributed by atoms with Gasteiger partial charge in [-0.05, 0) is 71.3 Å². The first kappa shape index (κ1) is 27.2. The van der Waals surface area contributed by atoms with Gasteiger partial charge >= 0.3 is 0 Å². The number of imide groups is 1. The van der Waals surface area contributed by atoms with Crippen molar-refractivity contribution in [2.75, 3.05) is 19.6 Å². The van der Waals surface area contributed by atoms with E-state index in [1.165, 1.54) is 38.9 Å². The highest BCUT2D eigenvalue weighted by atomic mass is 32.2. The van der Waals surface area contributed by atoms with Crippen molar-refractivity contribution >= 4 is 28.8 Å². The molecule has 3 amide bonds. The van der Waals surface area contributed by atoms with Crippen molar-refractivity contribution in [1.82, 2.24) is 9.80 Å². The second-order valence-electron chi connectivity index (χ2n) is 12.0. The fourth-order valence-electron chi connectivity index (χ4n) is 7.60. The zero-order valence-corrected chi connectivity index (χ0v) is 25.3. The summed E-state index contributed by atoms with van der Waals surface area (Å²) >= 11 is 1.19. The van der Waals surface area contributed by atoms with Gasteiger partial charge in [0.25, 0.3) is 11.1 Å². The van der Waals surface area contributed by atoms with Crippen LogP contribution in [0.3, 0.4) is 0 Å². The molecule has 8 rings (SSSR count). The normalized spacial score (nSPS) is 22.2. The summed E-state index contributed by atoms with van der Waals surface area (Å²) in [5.74, 6) is 0.689. The zero-order chi connectivity index (χ0) is 29.9. The lowest BCUT2D eigenvalue weighted by molar-refractivity contribution is -0.127. The highest BCUT2D eigenvalue weighted by molar-refractivity contribution is 8.15. The van der Waals surface area contributed by atoms with E-state index in [4.69, 9.17) is 4.74 Å². The summed E-state index contributed by atoms with van der Waals surface area (Å²) in [6.45, 7) is 3.48. The predicted molar refractivity (Wildman–Crippen MR) is 171 cm³/mol. The molecule has 2 heterocycles. The average Bonchev–Trinajstić information content (AvgIpc) is 3.70. The van der Waals surface area contributed by atoms with Gasteiger partial charge in [0, 0.05) is 36.1 Å². The maximum Gasteiger partial charge on any atom is 0.289 e. The third-order valence-corrected chi connectivity index (χ3v) is 11.0. The molecule has 0 radical (unpaired) electrons. The summed E-state index contributed by atoms with van der Waals surface area (Å²) < 4.78 is 6.51. The molecule has 1 fully saturated rings. The number of hydrogen-bond acceptors (Lipinski definition) is 5. The first-order chi connectivity index (χ1) is 21.5. The van der Waals surface area contributed by atoms with Crippen LogP contribution in [0.1, 0.15) is 69.5 Å². The lowest BCUT2D eigenvalue weighted by Gasteiger charge is -2.33. The number of benzene rings is 4. The van der Waals surface area contributed by atoms with Crippen molar-refractivity contribution in [3.05, 3.63) is 124 Å². The van der Waals surface area contributed by atoms with Crippen LogP contribution in [0.25, 0.3) is 11.1 Å². The van der Waals surface area contributed by atoms with Crippen LogP contribution in [0.4, 0.5) is 4.79 Å². The molecule has 3 atom stereocenters. The molecule has 2 aliphatic carbocycles. The Morgan fingerprint density at radius 2 is 1.45 bits per heavy atom. The number of carbonyl (C=O) groups excluding carboxylic acids is 3. The van der Waals surface area contributed by atoms with Gasteiger partial charge in [-0.25, -0.2) is 0 Å². The van der Waals surface area contributed by atoms with Crippen LogP contribution in [0.2, 0.25) is 0 Å². The van der Waals surface area contributed by atoms with Gasteiger partial charge in [0.15, 0.2) is 0 Å². The smallest absolute Gasteiger partial charge is 0.289 e. The van der Waals surface area contributed by atoms with Crippen LogP contribution in [0.15, 0.2) is 91.0 Å². The number of fused-ring (bicyclic) bond motifs is 5. The monoisotopic (exact) mass is 600 g/mol. The largest absolute Gasteiger partial charge is 0.484 e. The minimum absolute atomic E-state index is 0.0164. The van der Waals surface area contributed by atoms with Gasteiger partial charge in [0.05, 0.1) is 6.54 Å². The molecule has 4 aromatic rings. The van der Waals surface area contributed by atoms with Crippen molar-refractivity contribution in [2.45, 2.75) is 43.0 Å². The number of rotatable bonds is 6. The van der Waals surface area contributed by atoms with E-state index >= 15 is 0 Å². The molecule has 0 N–H and O–H groups in total. The van der Waals surface area contributed by atoms with Crippen molar-refractivity contribution in [1.29, 1.82) is 0 Å². The van der Waals surface area contributed by atoms with E-state index in [1.54, 1.807) is 0 Å². The molecule has 1 saturated heterocycles. The van der Waals surface area contributed by atoms with E-state index in [0.717, 1.165) is 35.3 Å². The maximum atomic E-state index is 13.9. The van der Waals surface area contributed by atoms with Crippen LogP contribution in [-0.2, 0) is 11.2 Å². The van der Waals surface area contributed by atoms with Crippen molar-refractivity contribution in [2.24, 2.45) is 0 Å². The highest BCUT2D eigenvalue weighted by Gasteiger charge is 2.47. The molecule has 2 aliphatic heterocycles. The van der Waals surface area contributed by atoms with Crippen molar-refractivity contribution in [3.8, 4) is 16.9 Å². The first-order valence-electron chi connectivity index (χ1n) is 15.4. The van der Waals surface area contributed by atoms with Crippen LogP contribution in [0.5, 0.6) is 5.75 Å². The molecule has 7 heteroatoms. The molecule has 0 spiro atoms. The number of carbonyl (C=O) groups is 3. The second kappa shape index (κ2) is 10.7. The molecule has 6 nitrogen and oxygen atoms in total. The second-order valence-corrected chi connectivity index (χ2v) is 13.1. The quantitative estimate of drug-likeness (QED) is 0.234. The Morgan fingerprint density at radius 3 is 2.16 bits per heavy atom. The number of ether oxygens (including phenoxy) is 1. The average molecular weight is 601 g/mol. The topological polar surface area (TPSA) is 66.9 Å². The fraction of sp³-hybridized carbons (Fsp3) is 0.270. The highest BCUT2D eigenvalue weighted by Crippen LogP contribution is 2.49. The van der Waals surface area contributed by atoms with Gasteiger partial charge < -0.3 is 9.64 Å².